The summed E-state index contributed by atoms with van der Waals surface area (Å²) < 4.78 is 0. The zero-order valence-corrected chi connectivity index (χ0v) is 14.6. The Kier molecular flexibility index (Phi) is 6.18. The molecule has 0 bridgehead atoms. The molecule has 132 valence electrons. The maximum absolute atomic E-state index is 12.4. The number of aromatic nitrogens is 1. The van der Waals surface area contributed by atoms with Crippen molar-refractivity contribution in [2.75, 3.05) is 13.1 Å². The highest BCUT2D eigenvalue weighted by Crippen LogP contribution is 2.24. The van der Waals surface area contributed by atoms with E-state index in [1.165, 1.54) is 5.56 Å². The molecule has 0 saturated carbocycles. The van der Waals surface area contributed by atoms with Crippen LogP contribution in [0.25, 0.3) is 0 Å². The molecule has 25 heavy (non-hydrogen) atoms. The summed E-state index contributed by atoms with van der Waals surface area (Å²) in [4.78, 5) is 18.3. The van der Waals surface area contributed by atoms with Crippen LogP contribution in [0, 0.1) is 5.92 Å². The Morgan fingerprint density at radius 1 is 1.08 bits per heavy atom. The third-order valence-electron chi connectivity index (χ3n) is 5.11. The van der Waals surface area contributed by atoms with Crippen molar-refractivity contribution in [2.24, 2.45) is 5.92 Å². The van der Waals surface area contributed by atoms with Gasteiger partial charge in [-0.2, -0.15) is 0 Å². The van der Waals surface area contributed by atoms with Crippen molar-refractivity contribution in [3.8, 4) is 0 Å². The Labute approximate surface area is 149 Å². The Hall–Kier alpha value is -2.20. The van der Waals surface area contributed by atoms with E-state index in [2.05, 4.69) is 17.1 Å². The van der Waals surface area contributed by atoms with Gasteiger partial charge < -0.3 is 10.0 Å². The fourth-order valence-corrected chi connectivity index (χ4v) is 3.52. The predicted octanol–water partition coefficient (Wildman–Crippen LogP) is 2.86. The molecule has 0 aliphatic carbocycles. The van der Waals surface area contributed by atoms with Gasteiger partial charge in [-0.15, -0.1) is 0 Å². The summed E-state index contributed by atoms with van der Waals surface area (Å²) in [5.41, 5.74) is 2.27. The number of likely N-dealkylation sites (tertiary alicyclic amines) is 1. The average molecular weight is 338 g/mol. The van der Waals surface area contributed by atoms with Crippen molar-refractivity contribution in [3.05, 3.63) is 66.0 Å². The molecule has 1 saturated heterocycles. The highest BCUT2D eigenvalue weighted by molar-refractivity contribution is 5.78. The Balaban J connectivity index is 1.42. The normalized spacial score (nSPS) is 16.6. The third kappa shape index (κ3) is 5.13. The number of carbonyl (C=O) groups excluding carboxylic acids is 1. The minimum atomic E-state index is -0.280. The van der Waals surface area contributed by atoms with Gasteiger partial charge in [-0.3, -0.25) is 9.78 Å². The minimum Gasteiger partial charge on any atom is -0.393 e. The predicted molar refractivity (Wildman–Crippen MR) is 98.0 cm³/mol. The first-order valence-electron chi connectivity index (χ1n) is 9.11. The van der Waals surface area contributed by atoms with Gasteiger partial charge in [0.15, 0.2) is 0 Å². The van der Waals surface area contributed by atoms with Gasteiger partial charge in [0.1, 0.15) is 0 Å². The van der Waals surface area contributed by atoms with Gasteiger partial charge in [-0.1, -0.05) is 30.3 Å². The van der Waals surface area contributed by atoms with Crippen LogP contribution in [0.1, 0.15) is 30.4 Å². The number of aliphatic hydroxyl groups is 1. The molecular weight excluding hydrogens is 312 g/mol. The number of benzene rings is 1. The lowest BCUT2D eigenvalue weighted by Gasteiger charge is -2.34. The highest BCUT2D eigenvalue weighted by atomic mass is 16.3. The van der Waals surface area contributed by atoms with Crippen LogP contribution in [-0.2, 0) is 17.6 Å². The van der Waals surface area contributed by atoms with Gasteiger partial charge in [0.25, 0.3) is 0 Å². The van der Waals surface area contributed by atoms with Crippen molar-refractivity contribution < 1.29 is 9.90 Å². The summed E-state index contributed by atoms with van der Waals surface area (Å²) in [6.07, 6.45) is 7.07. The van der Waals surface area contributed by atoms with Gasteiger partial charge in [0, 0.05) is 25.5 Å². The van der Waals surface area contributed by atoms with Crippen LogP contribution in [-0.4, -0.2) is 40.1 Å². The number of hydrogen-bond donors (Lipinski definition) is 1. The lowest BCUT2D eigenvalue weighted by molar-refractivity contribution is -0.132. The number of hydrogen-bond acceptors (Lipinski definition) is 3. The van der Waals surface area contributed by atoms with E-state index in [0.29, 0.717) is 12.3 Å². The molecule has 1 aliphatic heterocycles. The number of amides is 1. The molecule has 1 amide bonds. The molecule has 1 aromatic carbocycles. The largest absolute Gasteiger partial charge is 0.393 e. The summed E-state index contributed by atoms with van der Waals surface area (Å²) in [6.45, 7) is 1.49. The summed E-state index contributed by atoms with van der Waals surface area (Å²) in [6, 6.07) is 14.1. The molecule has 1 atom stereocenters. The summed E-state index contributed by atoms with van der Waals surface area (Å²) in [5.74, 6) is 0.470. The molecule has 0 radical (unpaired) electrons. The first kappa shape index (κ1) is 17.6. The SMILES string of the molecule is O=C(Cc1ccncc1)N1CCC(C(O)CCc2ccccc2)CC1. The molecular formula is C21H26N2O2. The zero-order valence-electron chi connectivity index (χ0n) is 14.6. The van der Waals surface area contributed by atoms with E-state index in [4.69, 9.17) is 0 Å². The van der Waals surface area contributed by atoms with Crippen LogP contribution >= 0.6 is 0 Å². The minimum absolute atomic E-state index is 0.170. The van der Waals surface area contributed by atoms with E-state index in [1.54, 1.807) is 12.4 Å². The maximum atomic E-state index is 12.4. The van der Waals surface area contributed by atoms with Crippen LogP contribution in [0.4, 0.5) is 0 Å². The number of aryl methyl sites for hydroxylation is 1. The molecule has 4 heteroatoms. The highest BCUT2D eigenvalue weighted by Gasteiger charge is 2.27. The second-order valence-electron chi connectivity index (χ2n) is 6.84. The van der Waals surface area contributed by atoms with Crippen LogP contribution < -0.4 is 0 Å². The second-order valence-corrected chi connectivity index (χ2v) is 6.84. The van der Waals surface area contributed by atoms with E-state index in [-0.39, 0.29) is 12.0 Å². The number of carbonyl (C=O) groups is 1. The lowest BCUT2D eigenvalue weighted by Crippen LogP contribution is -2.42. The number of piperidine rings is 1. The fourth-order valence-electron chi connectivity index (χ4n) is 3.52. The van der Waals surface area contributed by atoms with Crippen molar-refractivity contribution in [1.82, 2.24) is 9.88 Å². The maximum Gasteiger partial charge on any atom is 0.226 e. The molecule has 1 aromatic heterocycles. The quantitative estimate of drug-likeness (QED) is 0.881. The average Bonchev–Trinajstić information content (AvgIpc) is 2.68. The Bertz CT molecular complexity index is 652. The van der Waals surface area contributed by atoms with E-state index in [9.17, 15) is 9.90 Å². The van der Waals surface area contributed by atoms with Gasteiger partial charge in [-0.25, -0.2) is 0 Å². The van der Waals surface area contributed by atoms with Gasteiger partial charge >= 0.3 is 0 Å². The molecule has 1 aliphatic rings. The molecule has 0 spiro atoms. The molecule has 3 rings (SSSR count). The number of pyridine rings is 1. The molecule has 1 N–H and O–H groups in total. The van der Waals surface area contributed by atoms with Crippen molar-refractivity contribution in [3.63, 3.8) is 0 Å². The van der Waals surface area contributed by atoms with E-state index >= 15 is 0 Å². The number of rotatable bonds is 6. The standard InChI is InChI=1S/C21H26N2O2/c24-20(7-6-17-4-2-1-3-5-17)19-10-14-23(15-11-19)21(25)16-18-8-12-22-13-9-18/h1-5,8-9,12-13,19-20,24H,6-7,10-11,14-16H2. The summed E-state index contributed by atoms with van der Waals surface area (Å²) in [5, 5.41) is 10.5. The first-order valence-corrected chi connectivity index (χ1v) is 9.11. The first-order chi connectivity index (χ1) is 12.2. The fraction of sp³-hybridized carbons (Fsp3) is 0.429. The molecule has 1 fully saturated rings. The third-order valence-corrected chi connectivity index (χ3v) is 5.11. The monoisotopic (exact) mass is 338 g/mol. The van der Waals surface area contributed by atoms with Gasteiger partial charge in [-0.05, 0) is 54.9 Å². The van der Waals surface area contributed by atoms with E-state index in [0.717, 1.165) is 44.3 Å². The van der Waals surface area contributed by atoms with Crippen molar-refractivity contribution >= 4 is 5.91 Å². The van der Waals surface area contributed by atoms with Crippen LogP contribution in [0.15, 0.2) is 54.9 Å². The number of aliphatic hydroxyl groups excluding tert-OH is 1. The smallest absolute Gasteiger partial charge is 0.226 e. The molecule has 4 nitrogen and oxygen atoms in total. The summed E-state index contributed by atoms with van der Waals surface area (Å²) >= 11 is 0. The van der Waals surface area contributed by atoms with Gasteiger partial charge in [0.2, 0.25) is 5.91 Å². The van der Waals surface area contributed by atoms with Crippen molar-refractivity contribution in [1.29, 1.82) is 0 Å². The summed E-state index contributed by atoms with van der Waals surface area (Å²) in [7, 11) is 0. The Morgan fingerprint density at radius 3 is 2.44 bits per heavy atom. The van der Waals surface area contributed by atoms with E-state index < -0.39 is 0 Å². The van der Waals surface area contributed by atoms with E-state index in [1.807, 2.05) is 35.2 Å². The van der Waals surface area contributed by atoms with Crippen molar-refractivity contribution in [2.45, 2.75) is 38.2 Å². The second kappa shape index (κ2) is 8.77. The zero-order chi connectivity index (χ0) is 17.5. The van der Waals surface area contributed by atoms with Crippen LogP contribution in [0.5, 0.6) is 0 Å². The topological polar surface area (TPSA) is 53.4 Å². The molecule has 2 aromatic rings. The lowest BCUT2D eigenvalue weighted by atomic mass is 9.88. The van der Waals surface area contributed by atoms with Gasteiger partial charge in [0.05, 0.1) is 12.5 Å². The number of nitrogens with zero attached hydrogens (tertiary/aromatic N) is 2. The molecule has 2 heterocycles. The van der Waals surface area contributed by atoms with Crippen LogP contribution in [0.3, 0.4) is 0 Å². The van der Waals surface area contributed by atoms with Crippen LogP contribution in [0.2, 0.25) is 0 Å². The molecule has 1 unspecified atom stereocenters. The Morgan fingerprint density at radius 2 is 1.76 bits per heavy atom.